The van der Waals surface area contributed by atoms with E-state index in [4.69, 9.17) is 0 Å². The van der Waals surface area contributed by atoms with Crippen LogP contribution in [0, 0.1) is 0 Å². The maximum Gasteiger partial charge on any atom is 0.332 e. The Morgan fingerprint density at radius 3 is 2.44 bits per heavy atom. The molecule has 0 bridgehead atoms. The van der Waals surface area contributed by atoms with Crippen molar-refractivity contribution in [1.82, 2.24) is 14.1 Å². The number of hydrogen-bond acceptors (Lipinski definition) is 3. The van der Waals surface area contributed by atoms with Gasteiger partial charge in [0.1, 0.15) is 5.65 Å². The Kier molecular flexibility index (Phi) is 2.75. The van der Waals surface area contributed by atoms with Crippen LogP contribution in [-0.2, 0) is 14.1 Å². The zero-order valence-electron chi connectivity index (χ0n) is 8.49. The van der Waals surface area contributed by atoms with Gasteiger partial charge in [-0.15, -0.1) is 0 Å². The van der Waals surface area contributed by atoms with Crippen molar-refractivity contribution in [1.29, 1.82) is 0 Å². The summed E-state index contributed by atoms with van der Waals surface area (Å²) in [6, 6.07) is 0. The molecule has 0 unspecified atom stereocenters. The van der Waals surface area contributed by atoms with Crippen molar-refractivity contribution in [3.63, 3.8) is 0 Å². The lowest BCUT2D eigenvalue weighted by Crippen LogP contribution is -2.37. The van der Waals surface area contributed by atoms with Crippen LogP contribution in [0.5, 0.6) is 0 Å². The fraction of sp³-hybridized carbons (Fsp3) is 0.222. The largest absolute Gasteiger partial charge is 0.332 e. The summed E-state index contributed by atoms with van der Waals surface area (Å²) in [7, 11) is 3.02. The lowest BCUT2D eigenvalue weighted by Gasteiger charge is -2.08. The van der Waals surface area contributed by atoms with Crippen molar-refractivity contribution in [2.75, 3.05) is 0 Å². The van der Waals surface area contributed by atoms with Gasteiger partial charge >= 0.3 is 5.69 Å². The molecule has 0 fully saturated rings. The lowest BCUT2D eigenvalue weighted by molar-refractivity contribution is 0.707. The van der Waals surface area contributed by atoms with E-state index in [-0.39, 0.29) is 11.2 Å². The van der Waals surface area contributed by atoms with Crippen LogP contribution in [0.25, 0.3) is 11.0 Å². The van der Waals surface area contributed by atoms with E-state index in [1.165, 1.54) is 11.6 Å². The van der Waals surface area contributed by atoms with Crippen molar-refractivity contribution in [2.24, 2.45) is 14.1 Å². The van der Waals surface area contributed by atoms with Crippen LogP contribution >= 0.6 is 31.9 Å². The predicted octanol–water partition coefficient (Wildman–Crippen LogP) is 1.16. The second kappa shape index (κ2) is 3.81. The highest BCUT2D eigenvalue weighted by molar-refractivity contribution is 9.13. The average Bonchev–Trinajstić information content (AvgIpc) is 2.27. The van der Waals surface area contributed by atoms with E-state index in [2.05, 4.69) is 36.8 Å². The second-order valence-electron chi connectivity index (χ2n) is 3.32. The fourth-order valence-corrected chi connectivity index (χ4v) is 2.22. The molecule has 7 heteroatoms. The third-order valence-corrected chi connectivity index (χ3v) is 4.32. The van der Waals surface area contributed by atoms with E-state index in [0.717, 1.165) is 4.57 Å². The molecule has 0 saturated carbocycles. The van der Waals surface area contributed by atoms with E-state index in [1.54, 1.807) is 13.2 Å². The van der Waals surface area contributed by atoms with Crippen molar-refractivity contribution < 1.29 is 0 Å². The summed E-state index contributed by atoms with van der Waals surface area (Å²) in [5, 5.41) is 0.388. The smallest absolute Gasteiger partial charge is 0.280 e. The van der Waals surface area contributed by atoms with Gasteiger partial charge in [-0.25, -0.2) is 9.78 Å². The zero-order chi connectivity index (χ0) is 12.0. The van der Waals surface area contributed by atoms with Crippen LogP contribution in [0.3, 0.4) is 0 Å². The van der Waals surface area contributed by atoms with Gasteiger partial charge in [0, 0.05) is 24.8 Å². The van der Waals surface area contributed by atoms with Gasteiger partial charge in [0.05, 0.1) is 9.86 Å². The molecule has 0 aliphatic rings. The molecule has 0 aliphatic carbocycles. The first-order valence-corrected chi connectivity index (χ1v) is 5.93. The molecule has 0 aliphatic heterocycles. The van der Waals surface area contributed by atoms with Crippen molar-refractivity contribution >= 4 is 42.9 Å². The van der Waals surface area contributed by atoms with E-state index in [0.29, 0.717) is 20.0 Å². The van der Waals surface area contributed by atoms with E-state index >= 15 is 0 Å². The van der Waals surface area contributed by atoms with Crippen LogP contribution in [0.2, 0.25) is 0 Å². The molecule has 2 aromatic heterocycles. The predicted molar refractivity (Wildman–Crippen MR) is 67.6 cm³/mol. The first kappa shape index (κ1) is 11.5. The van der Waals surface area contributed by atoms with Crippen molar-refractivity contribution in [3.05, 3.63) is 36.0 Å². The van der Waals surface area contributed by atoms with Crippen LogP contribution in [0.1, 0.15) is 0 Å². The number of halogens is 2. The summed E-state index contributed by atoms with van der Waals surface area (Å²) in [5.74, 6) is 0. The minimum Gasteiger partial charge on any atom is -0.280 e. The molecule has 0 radical (unpaired) electrons. The first-order valence-electron chi connectivity index (χ1n) is 4.35. The number of hydrogen-bond donors (Lipinski definition) is 0. The molecule has 2 rings (SSSR count). The highest BCUT2D eigenvalue weighted by Crippen LogP contribution is 2.26. The molecule has 0 spiro atoms. The summed E-state index contributed by atoms with van der Waals surface area (Å²) in [6.07, 6.45) is 1.55. The SMILES string of the molecule is Cn1c(=O)c2c(Br)c(Br)cnc2n(C)c1=O. The van der Waals surface area contributed by atoms with Gasteiger partial charge in [0.2, 0.25) is 0 Å². The molecule has 84 valence electrons. The van der Waals surface area contributed by atoms with E-state index in [9.17, 15) is 9.59 Å². The van der Waals surface area contributed by atoms with Gasteiger partial charge in [0.15, 0.2) is 0 Å². The van der Waals surface area contributed by atoms with Crippen LogP contribution in [0.4, 0.5) is 0 Å². The normalized spacial score (nSPS) is 11.0. The number of rotatable bonds is 0. The maximum atomic E-state index is 11.9. The van der Waals surface area contributed by atoms with Gasteiger partial charge < -0.3 is 0 Å². The molecular formula is C9H7Br2N3O2. The Bertz CT molecular complexity index is 702. The molecule has 0 atom stereocenters. The summed E-state index contributed by atoms with van der Waals surface area (Å²) in [4.78, 5) is 27.7. The summed E-state index contributed by atoms with van der Waals surface area (Å²) < 4.78 is 3.68. The molecule has 5 nitrogen and oxygen atoms in total. The molecule has 0 N–H and O–H groups in total. The second-order valence-corrected chi connectivity index (χ2v) is 4.97. The molecule has 16 heavy (non-hydrogen) atoms. The van der Waals surface area contributed by atoms with E-state index < -0.39 is 0 Å². The number of aryl methyl sites for hydroxylation is 1. The monoisotopic (exact) mass is 347 g/mol. The Morgan fingerprint density at radius 2 is 1.81 bits per heavy atom. The minimum absolute atomic E-state index is 0.362. The highest BCUT2D eigenvalue weighted by atomic mass is 79.9. The fourth-order valence-electron chi connectivity index (χ4n) is 1.47. The van der Waals surface area contributed by atoms with Gasteiger partial charge in [-0.05, 0) is 31.9 Å². The molecular weight excluding hydrogens is 342 g/mol. The Labute approximate surface area is 107 Å². The van der Waals surface area contributed by atoms with Crippen molar-refractivity contribution in [2.45, 2.75) is 0 Å². The summed E-state index contributed by atoms with van der Waals surface area (Å²) >= 11 is 6.58. The number of nitrogens with zero attached hydrogens (tertiary/aromatic N) is 3. The number of aromatic nitrogens is 3. The number of fused-ring (bicyclic) bond motifs is 1. The van der Waals surface area contributed by atoms with Gasteiger partial charge in [-0.1, -0.05) is 0 Å². The summed E-state index contributed by atoms with van der Waals surface area (Å²) in [6.45, 7) is 0. The van der Waals surface area contributed by atoms with Gasteiger partial charge in [-0.2, -0.15) is 0 Å². The topological polar surface area (TPSA) is 56.9 Å². The van der Waals surface area contributed by atoms with Crippen LogP contribution in [0.15, 0.2) is 24.7 Å². The molecule has 0 aromatic carbocycles. The van der Waals surface area contributed by atoms with Gasteiger partial charge in [0.25, 0.3) is 5.56 Å². The summed E-state index contributed by atoms with van der Waals surface area (Å²) in [5.41, 5.74) is -0.388. The van der Waals surface area contributed by atoms with Crippen LogP contribution < -0.4 is 11.2 Å². The van der Waals surface area contributed by atoms with Gasteiger partial charge in [-0.3, -0.25) is 13.9 Å². The molecule has 2 heterocycles. The van der Waals surface area contributed by atoms with E-state index in [1.807, 2.05) is 0 Å². The maximum absolute atomic E-state index is 11.9. The van der Waals surface area contributed by atoms with Crippen LogP contribution in [-0.4, -0.2) is 14.1 Å². The Balaban J connectivity index is 3.22. The number of pyridine rings is 1. The first-order chi connectivity index (χ1) is 7.45. The zero-order valence-corrected chi connectivity index (χ0v) is 11.7. The molecule has 0 saturated heterocycles. The molecule has 2 aromatic rings. The Hall–Kier alpha value is -0.950. The Morgan fingerprint density at radius 1 is 1.19 bits per heavy atom. The quantitative estimate of drug-likeness (QED) is 0.717. The lowest BCUT2D eigenvalue weighted by atomic mass is 10.3. The third kappa shape index (κ3) is 1.46. The highest BCUT2D eigenvalue weighted by Gasteiger charge is 2.14. The average molecular weight is 349 g/mol. The molecule has 0 amide bonds. The van der Waals surface area contributed by atoms with Crippen molar-refractivity contribution in [3.8, 4) is 0 Å². The standard InChI is InChI=1S/C9H7Br2N3O2/c1-13-7-5(6(11)4(10)3-12-7)8(15)14(2)9(13)16/h3H,1-2H3. The minimum atomic E-state index is -0.390. The third-order valence-electron chi connectivity index (χ3n) is 2.36.